The number of carbonyl (C=O) groups excluding carboxylic acids is 1. The van der Waals surface area contributed by atoms with Crippen LogP contribution in [0.25, 0.3) is 0 Å². The predicted molar refractivity (Wildman–Crippen MR) is 89.8 cm³/mol. The SMILES string of the molecule is O=C(CNS(=O)(=O)c1cccc(Cl)c1)NCCc1ccccc1. The summed E-state index contributed by atoms with van der Waals surface area (Å²) in [5.41, 5.74) is 1.10. The van der Waals surface area contributed by atoms with Crippen LogP contribution < -0.4 is 10.0 Å². The maximum Gasteiger partial charge on any atom is 0.241 e. The second kappa shape index (κ2) is 8.10. The molecule has 2 rings (SSSR count). The highest BCUT2D eigenvalue weighted by atomic mass is 35.5. The van der Waals surface area contributed by atoms with Crippen molar-refractivity contribution in [3.63, 3.8) is 0 Å². The maximum atomic E-state index is 12.0. The van der Waals surface area contributed by atoms with Crippen molar-refractivity contribution in [3.8, 4) is 0 Å². The van der Waals surface area contributed by atoms with Gasteiger partial charge in [0.15, 0.2) is 0 Å². The van der Waals surface area contributed by atoms with Crippen molar-refractivity contribution in [3.05, 3.63) is 65.2 Å². The standard InChI is InChI=1S/C16H17ClN2O3S/c17-14-7-4-8-15(11-14)23(21,22)19-12-16(20)18-10-9-13-5-2-1-3-6-13/h1-8,11,19H,9-10,12H2,(H,18,20). The first-order valence-corrected chi connectivity index (χ1v) is 8.89. The van der Waals surface area contributed by atoms with Gasteiger partial charge >= 0.3 is 0 Å². The van der Waals surface area contributed by atoms with Crippen LogP contribution in [-0.2, 0) is 21.2 Å². The fourth-order valence-corrected chi connectivity index (χ4v) is 3.21. The van der Waals surface area contributed by atoms with Gasteiger partial charge in [0, 0.05) is 11.6 Å². The number of hydrogen-bond acceptors (Lipinski definition) is 3. The van der Waals surface area contributed by atoms with E-state index < -0.39 is 10.0 Å². The first-order chi connectivity index (χ1) is 11.0. The average Bonchev–Trinajstić information content (AvgIpc) is 2.54. The predicted octanol–water partition coefficient (Wildman–Crippen LogP) is 1.98. The zero-order chi connectivity index (χ0) is 16.7. The van der Waals surface area contributed by atoms with Crippen LogP contribution in [0, 0.1) is 0 Å². The highest BCUT2D eigenvalue weighted by Gasteiger charge is 2.15. The van der Waals surface area contributed by atoms with Crippen LogP contribution in [-0.4, -0.2) is 27.4 Å². The number of benzene rings is 2. The molecule has 0 aliphatic heterocycles. The Morgan fingerprint density at radius 2 is 1.78 bits per heavy atom. The number of carbonyl (C=O) groups is 1. The quantitative estimate of drug-likeness (QED) is 0.800. The van der Waals surface area contributed by atoms with Crippen molar-refractivity contribution in [2.24, 2.45) is 0 Å². The number of rotatable bonds is 7. The molecule has 0 heterocycles. The average molecular weight is 353 g/mol. The van der Waals surface area contributed by atoms with Crippen molar-refractivity contribution in [2.45, 2.75) is 11.3 Å². The lowest BCUT2D eigenvalue weighted by molar-refractivity contribution is -0.119. The molecule has 0 aliphatic rings. The van der Waals surface area contributed by atoms with E-state index in [0.717, 1.165) is 5.56 Å². The highest BCUT2D eigenvalue weighted by Crippen LogP contribution is 2.14. The second-order valence-corrected chi connectivity index (χ2v) is 7.07. The molecular formula is C16H17ClN2O3S. The van der Waals surface area contributed by atoms with Gasteiger partial charge in [-0.05, 0) is 30.2 Å². The van der Waals surface area contributed by atoms with E-state index in [4.69, 9.17) is 11.6 Å². The van der Waals surface area contributed by atoms with Gasteiger partial charge in [-0.1, -0.05) is 48.0 Å². The molecular weight excluding hydrogens is 336 g/mol. The van der Waals surface area contributed by atoms with Crippen LogP contribution in [0.2, 0.25) is 5.02 Å². The summed E-state index contributed by atoms with van der Waals surface area (Å²) in [6.45, 7) is 0.130. The fraction of sp³-hybridized carbons (Fsp3) is 0.188. The molecule has 0 spiro atoms. The summed E-state index contributed by atoms with van der Waals surface area (Å²) < 4.78 is 26.3. The molecule has 0 aliphatic carbocycles. The summed E-state index contributed by atoms with van der Waals surface area (Å²) in [6.07, 6.45) is 0.688. The normalized spacial score (nSPS) is 11.2. The molecule has 2 aromatic carbocycles. The Bertz CT molecular complexity index is 764. The molecule has 0 aromatic heterocycles. The van der Waals surface area contributed by atoms with Crippen LogP contribution in [0.4, 0.5) is 0 Å². The van der Waals surface area contributed by atoms with Gasteiger partial charge in [0.1, 0.15) is 0 Å². The van der Waals surface area contributed by atoms with E-state index in [-0.39, 0.29) is 17.3 Å². The van der Waals surface area contributed by atoms with Gasteiger partial charge in [-0.2, -0.15) is 0 Å². The smallest absolute Gasteiger partial charge is 0.241 e. The van der Waals surface area contributed by atoms with Gasteiger partial charge in [-0.25, -0.2) is 13.1 Å². The van der Waals surface area contributed by atoms with Crippen LogP contribution in [0.15, 0.2) is 59.5 Å². The Labute approximate surface area is 140 Å². The van der Waals surface area contributed by atoms with E-state index in [1.165, 1.54) is 18.2 Å². The van der Waals surface area contributed by atoms with Crippen molar-refractivity contribution in [2.75, 3.05) is 13.1 Å². The summed E-state index contributed by atoms with van der Waals surface area (Å²) in [7, 11) is -3.75. The molecule has 0 bridgehead atoms. The molecule has 5 nitrogen and oxygen atoms in total. The largest absolute Gasteiger partial charge is 0.355 e. The van der Waals surface area contributed by atoms with Crippen molar-refractivity contribution < 1.29 is 13.2 Å². The maximum absolute atomic E-state index is 12.0. The molecule has 2 N–H and O–H groups in total. The summed E-state index contributed by atoms with van der Waals surface area (Å²) >= 11 is 5.77. The van der Waals surface area contributed by atoms with Gasteiger partial charge in [0.05, 0.1) is 11.4 Å². The number of sulfonamides is 1. The third-order valence-electron chi connectivity index (χ3n) is 3.11. The third-order valence-corrected chi connectivity index (χ3v) is 4.74. The molecule has 0 radical (unpaired) electrons. The van der Waals surface area contributed by atoms with Crippen molar-refractivity contribution in [1.82, 2.24) is 10.0 Å². The van der Waals surface area contributed by atoms with Crippen molar-refractivity contribution in [1.29, 1.82) is 0 Å². The van der Waals surface area contributed by atoms with Gasteiger partial charge in [0.2, 0.25) is 15.9 Å². The first-order valence-electron chi connectivity index (χ1n) is 7.03. The molecule has 1 amide bonds. The Kier molecular flexibility index (Phi) is 6.15. The highest BCUT2D eigenvalue weighted by molar-refractivity contribution is 7.89. The first kappa shape index (κ1) is 17.5. The van der Waals surface area contributed by atoms with E-state index in [2.05, 4.69) is 10.0 Å². The fourth-order valence-electron chi connectivity index (χ4n) is 1.93. The lowest BCUT2D eigenvalue weighted by Gasteiger charge is -2.08. The molecule has 0 atom stereocenters. The van der Waals surface area contributed by atoms with E-state index in [9.17, 15) is 13.2 Å². The number of hydrogen-bond donors (Lipinski definition) is 2. The number of halogens is 1. The van der Waals surface area contributed by atoms with Crippen LogP contribution >= 0.6 is 11.6 Å². The molecule has 0 saturated heterocycles. The number of amides is 1. The molecule has 122 valence electrons. The molecule has 0 unspecified atom stereocenters. The zero-order valence-corrected chi connectivity index (χ0v) is 13.9. The van der Waals surface area contributed by atoms with E-state index in [0.29, 0.717) is 18.0 Å². The van der Waals surface area contributed by atoms with E-state index in [1.54, 1.807) is 6.07 Å². The Morgan fingerprint density at radius 3 is 2.48 bits per heavy atom. The monoisotopic (exact) mass is 352 g/mol. The summed E-state index contributed by atoms with van der Waals surface area (Å²) in [5.74, 6) is -0.383. The Hall–Kier alpha value is -1.89. The molecule has 2 aromatic rings. The third kappa shape index (κ3) is 5.67. The minimum atomic E-state index is -3.75. The topological polar surface area (TPSA) is 75.3 Å². The second-order valence-electron chi connectivity index (χ2n) is 4.87. The lowest BCUT2D eigenvalue weighted by atomic mass is 10.1. The van der Waals surface area contributed by atoms with Gasteiger partial charge in [-0.15, -0.1) is 0 Å². The lowest BCUT2D eigenvalue weighted by Crippen LogP contribution is -2.37. The molecule has 23 heavy (non-hydrogen) atoms. The van der Waals surface area contributed by atoms with Crippen LogP contribution in [0.5, 0.6) is 0 Å². The van der Waals surface area contributed by atoms with E-state index >= 15 is 0 Å². The Morgan fingerprint density at radius 1 is 1.04 bits per heavy atom. The van der Waals surface area contributed by atoms with Gasteiger partial charge < -0.3 is 5.32 Å². The van der Waals surface area contributed by atoms with Crippen LogP contribution in [0.3, 0.4) is 0 Å². The van der Waals surface area contributed by atoms with Crippen molar-refractivity contribution >= 4 is 27.5 Å². The summed E-state index contributed by atoms with van der Waals surface area (Å²) in [4.78, 5) is 11.7. The van der Waals surface area contributed by atoms with E-state index in [1.807, 2.05) is 30.3 Å². The minimum absolute atomic E-state index is 0.0297. The van der Waals surface area contributed by atoms with Gasteiger partial charge in [-0.3, -0.25) is 4.79 Å². The molecule has 7 heteroatoms. The summed E-state index contributed by atoms with van der Waals surface area (Å²) in [5, 5.41) is 2.99. The zero-order valence-electron chi connectivity index (χ0n) is 12.3. The van der Waals surface area contributed by atoms with Crippen LogP contribution in [0.1, 0.15) is 5.56 Å². The summed E-state index contributed by atoms with van der Waals surface area (Å²) in [6, 6.07) is 15.6. The minimum Gasteiger partial charge on any atom is -0.355 e. The molecule has 0 saturated carbocycles. The van der Waals surface area contributed by atoms with Gasteiger partial charge in [0.25, 0.3) is 0 Å². The number of nitrogens with one attached hydrogen (secondary N) is 2. The molecule has 0 fully saturated rings. The Balaban J connectivity index is 1.79.